The zero-order valence-electron chi connectivity index (χ0n) is 11.9. The monoisotopic (exact) mass is 342 g/mol. The van der Waals surface area contributed by atoms with Crippen LogP contribution >= 0.6 is 0 Å². The van der Waals surface area contributed by atoms with Crippen LogP contribution in [-0.4, -0.2) is 0 Å². The van der Waals surface area contributed by atoms with Crippen molar-refractivity contribution in [2.24, 2.45) is 0 Å². The quantitative estimate of drug-likeness (QED) is 0.527. The van der Waals surface area contributed by atoms with Crippen LogP contribution in [0.15, 0.2) is 0 Å². The van der Waals surface area contributed by atoms with Gasteiger partial charge in [-0.1, -0.05) is 48.0 Å². The van der Waals surface area contributed by atoms with Gasteiger partial charge in [0, 0.05) is 32.7 Å². The molecule has 0 aromatic rings. The van der Waals surface area contributed by atoms with Crippen molar-refractivity contribution in [3.8, 4) is 0 Å². The van der Waals surface area contributed by atoms with Gasteiger partial charge in [-0.15, -0.1) is 0 Å². The first-order valence-corrected chi connectivity index (χ1v) is 3.41. The molecule has 0 saturated carbocycles. The molecule has 0 bridgehead atoms. The summed E-state index contributed by atoms with van der Waals surface area (Å²) in [7, 11) is 0. The van der Waals surface area contributed by atoms with Crippen molar-refractivity contribution in [1.82, 2.24) is 0 Å². The predicted octanol–water partition coefficient (Wildman–Crippen LogP) is 5.26. The smallest absolute Gasteiger partial charge is 0.358 e. The first kappa shape index (κ1) is 79.7. The molecule has 2 heteroatoms. The van der Waals surface area contributed by atoms with E-state index in [0.717, 1.165) is 0 Å². The van der Waals surface area contributed by atoms with Gasteiger partial charge in [0.2, 0.25) is 0 Å². The molecule has 0 atom stereocenters. The maximum absolute atomic E-state index is 2.12. The molecule has 0 spiro atoms. The second-order valence-electron chi connectivity index (χ2n) is 0.707. The van der Waals surface area contributed by atoms with Gasteiger partial charge >= 0.3 is 32.7 Å². The van der Waals surface area contributed by atoms with E-state index in [9.17, 15) is 0 Å². The van der Waals surface area contributed by atoms with Gasteiger partial charge in [0.25, 0.3) is 0 Å². The molecule has 0 fully saturated rings. The van der Waals surface area contributed by atoms with Gasteiger partial charge in [-0.05, 0) is 0 Å². The molecule has 83 valence electrons. The molecule has 0 unspecified atom stereocenters. The van der Waals surface area contributed by atoms with Crippen LogP contribution in [0.3, 0.4) is 0 Å². The molecule has 0 aliphatic carbocycles. The molecular weight excluding hydrogens is 310 g/mol. The van der Waals surface area contributed by atoms with Crippen LogP contribution in [0.4, 0.5) is 0 Å². The maximum atomic E-state index is 2.12. The summed E-state index contributed by atoms with van der Waals surface area (Å²) in [5.74, 6) is 0. The van der Waals surface area contributed by atoms with E-state index in [1.165, 1.54) is 6.42 Å². The largest absolute Gasteiger partial charge is 3.00 e. The van der Waals surface area contributed by atoms with E-state index in [1.807, 2.05) is 27.7 Å². The maximum Gasteiger partial charge on any atom is 3.00 e. The first-order chi connectivity index (χ1) is 3.41. The zero-order chi connectivity index (χ0) is 6.71. The number of hydrogen-bond donors (Lipinski definition) is 0. The summed E-state index contributed by atoms with van der Waals surface area (Å²) in [6.07, 6.45) is 1.25. The zero-order valence-corrected chi connectivity index (χ0v) is 17.5. The Kier molecular flexibility index (Phi) is 1480. The van der Waals surface area contributed by atoms with Crippen LogP contribution in [0, 0.1) is 29.7 Å². The fraction of sp³-hybridized carbons (Fsp3) is 0.636. The minimum Gasteiger partial charge on any atom is -0.358 e. The molecule has 1 radical (unpaired) electrons. The summed E-state index contributed by atoms with van der Waals surface area (Å²) in [5, 5.41) is 0. The third kappa shape index (κ3) is 434. The van der Waals surface area contributed by atoms with Crippen molar-refractivity contribution in [2.75, 3.05) is 0 Å². The summed E-state index contributed by atoms with van der Waals surface area (Å²) >= 11 is 0. The number of hydrogen-bond acceptors (Lipinski definition) is 0. The average Bonchev–Trinajstić information content (AvgIpc) is 1.78. The molecule has 0 aromatic heterocycles. The van der Waals surface area contributed by atoms with Gasteiger partial charge in [-0.25, -0.2) is 0 Å². The first-order valence-electron chi connectivity index (χ1n) is 3.41. The Labute approximate surface area is 141 Å². The Bertz CT molecular complexity index is 8.05. The van der Waals surface area contributed by atoms with Gasteiger partial charge in [0.1, 0.15) is 0 Å². The summed E-state index contributed by atoms with van der Waals surface area (Å²) in [4.78, 5) is 0. The number of rotatable bonds is 0. The van der Waals surface area contributed by atoms with Crippen molar-refractivity contribution >= 4 is 0 Å². The summed E-state index contributed by atoms with van der Waals surface area (Å²) in [6, 6.07) is 0. The van der Waals surface area contributed by atoms with Crippen LogP contribution in [-0.2, 0) is 65.4 Å². The third-order valence-electron chi connectivity index (χ3n) is 0. The van der Waals surface area contributed by atoms with E-state index >= 15 is 0 Å². The van der Waals surface area contributed by atoms with Crippen LogP contribution < -0.4 is 0 Å². The van der Waals surface area contributed by atoms with Gasteiger partial charge in [-0.3, -0.25) is 0 Å². The van der Waals surface area contributed by atoms with Gasteiger partial charge in [-0.2, -0.15) is 0 Å². The Hall–Kier alpha value is 2.21. The van der Waals surface area contributed by atoms with E-state index in [1.54, 1.807) is 0 Å². The Morgan fingerprint density at radius 2 is 0.615 bits per heavy atom. The molecule has 0 amide bonds. The summed E-state index contributed by atoms with van der Waals surface area (Å²) in [6.45, 7) is 12.2. The molecule has 0 heterocycles. The van der Waals surface area contributed by atoms with Gasteiger partial charge in [0.15, 0.2) is 0 Å². The molecule has 0 aromatic carbocycles. The molecule has 0 nitrogen and oxygen atoms in total. The van der Waals surface area contributed by atoms with Crippen molar-refractivity contribution in [1.29, 1.82) is 0 Å². The molecule has 0 N–H and O–H groups in total. The second kappa shape index (κ2) is 241. The molecule has 0 rings (SSSR count). The van der Waals surface area contributed by atoms with Crippen molar-refractivity contribution in [3.05, 3.63) is 29.7 Å². The Morgan fingerprint density at radius 3 is 0.615 bits per heavy atom. The molecule has 0 aliphatic rings. The Morgan fingerprint density at radius 1 is 0.615 bits per heavy atom. The third-order valence-corrected chi connectivity index (χ3v) is 0. The van der Waals surface area contributed by atoms with Crippen molar-refractivity contribution in [2.45, 2.75) is 48.0 Å². The predicted molar refractivity (Wildman–Crippen MR) is 64.3 cm³/mol. The molecule has 0 aliphatic heterocycles. The van der Waals surface area contributed by atoms with Crippen molar-refractivity contribution in [3.63, 3.8) is 0 Å². The fourth-order valence-electron chi connectivity index (χ4n) is 0. The van der Waals surface area contributed by atoms with E-state index in [2.05, 4.69) is 13.8 Å². The van der Waals surface area contributed by atoms with Crippen LogP contribution in [0.1, 0.15) is 48.0 Å². The van der Waals surface area contributed by atoms with Crippen molar-refractivity contribution < 1.29 is 65.4 Å². The van der Waals surface area contributed by atoms with E-state index < -0.39 is 0 Å². The second-order valence-corrected chi connectivity index (χ2v) is 0.707. The van der Waals surface area contributed by atoms with E-state index in [-0.39, 0.29) is 95.1 Å². The van der Waals surface area contributed by atoms with Crippen LogP contribution in [0.5, 0.6) is 0 Å². The summed E-state index contributed by atoms with van der Waals surface area (Å²) in [5.41, 5.74) is 0. The van der Waals surface area contributed by atoms with E-state index in [0.29, 0.717) is 0 Å². The molecule has 13 heavy (non-hydrogen) atoms. The van der Waals surface area contributed by atoms with E-state index in [4.69, 9.17) is 0 Å². The van der Waals surface area contributed by atoms with Crippen LogP contribution in [0.25, 0.3) is 0 Å². The molecule has 0 saturated heterocycles. The van der Waals surface area contributed by atoms with Crippen LogP contribution in [0.2, 0.25) is 0 Å². The fourth-order valence-corrected chi connectivity index (χ4v) is 0. The minimum atomic E-state index is 0. The average molecular weight is 342 g/mol. The topological polar surface area (TPSA) is 0 Å². The molecular formula is C11H32Y2-. The normalized spacial score (nSPS) is 2.31. The minimum absolute atomic E-state index is 0. The van der Waals surface area contributed by atoms with Gasteiger partial charge < -0.3 is 29.7 Å². The Balaban J connectivity index is -0.00000000218. The van der Waals surface area contributed by atoms with Gasteiger partial charge in [0.05, 0.1) is 0 Å². The SMILES string of the molecule is CC.CC.CCC.[CH3-].[CH3-].[CH3-].[CH3-].[Y+3].[Y]. The standard InChI is InChI=1S/C3H8.2C2H6.4CH3.2Y/c1-3-2;2*1-2;;;;;;/h3H2,1-2H3;2*1-2H3;4*1H3;;/q;;;4*-1;;+3. The summed E-state index contributed by atoms with van der Waals surface area (Å²) < 4.78 is 0.